The number of halogens is 1. The maximum absolute atomic E-state index is 6.91. The monoisotopic (exact) mass is 561 g/mol. The fourth-order valence-corrected chi connectivity index (χ4v) is 8.75. The molecular formula is C33H56BrNO. The van der Waals surface area contributed by atoms with Crippen molar-refractivity contribution < 1.29 is 26.2 Å². The Labute approximate surface area is 234 Å². The molecule has 0 aromatic heterocycles. The van der Waals surface area contributed by atoms with Crippen molar-refractivity contribution in [3.05, 3.63) is 34.9 Å². The molecule has 1 saturated carbocycles. The Balaban J connectivity index is 0.00000361. The molecule has 4 rings (SSSR count). The summed E-state index contributed by atoms with van der Waals surface area (Å²) in [5.74, 6) is 2.34. The van der Waals surface area contributed by atoms with Gasteiger partial charge in [0.2, 0.25) is 0 Å². The van der Waals surface area contributed by atoms with E-state index in [0.29, 0.717) is 11.5 Å². The number of hydrogen-bond donors (Lipinski definition) is 0. The van der Waals surface area contributed by atoms with E-state index in [2.05, 4.69) is 87.4 Å². The molecule has 2 heterocycles. The minimum absolute atomic E-state index is 0. The lowest BCUT2D eigenvalue weighted by atomic mass is 9.76. The zero-order valence-corrected chi connectivity index (χ0v) is 26.9. The van der Waals surface area contributed by atoms with Crippen molar-refractivity contribution in [2.45, 2.75) is 136 Å². The first-order valence-corrected chi connectivity index (χ1v) is 14.8. The molecule has 3 aliphatic rings. The summed E-state index contributed by atoms with van der Waals surface area (Å²) in [5, 5.41) is 0. The molecule has 6 atom stereocenters. The van der Waals surface area contributed by atoms with Crippen LogP contribution in [0, 0.1) is 17.8 Å². The van der Waals surface area contributed by atoms with E-state index < -0.39 is 0 Å². The molecule has 206 valence electrons. The second kappa shape index (κ2) is 10.3. The molecule has 3 fully saturated rings. The SMILES string of the molecule is CCCCCCO[C@]1(C)C[N@+]2(Cc3cc(C(C)(C)C)cc(C(C)(C)C)c3)C[C@@H](C)[C@@H]3CC[C@H]1[C@@]32C.[Br-]. The molecular weight excluding hydrogens is 506 g/mol. The highest BCUT2D eigenvalue weighted by Crippen LogP contribution is 2.65. The average Bonchev–Trinajstić information content (AvgIpc) is 3.26. The highest BCUT2D eigenvalue weighted by molar-refractivity contribution is 5.37. The first kappa shape index (κ1) is 30.2. The highest BCUT2D eigenvalue weighted by atomic mass is 79.9. The summed E-state index contributed by atoms with van der Waals surface area (Å²) in [4.78, 5) is 0. The summed E-state index contributed by atoms with van der Waals surface area (Å²) < 4.78 is 8.15. The van der Waals surface area contributed by atoms with E-state index in [1.54, 1.807) is 5.56 Å². The minimum atomic E-state index is 0. The molecule has 0 radical (unpaired) electrons. The summed E-state index contributed by atoms with van der Waals surface area (Å²) in [5.41, 5.74) is 5.22. The van der Waals surface area contributed by atoms with E-state index in [1.807, 2.05) is 0 Å². The van der Waals surface area contributed by atoms with Crippen LogP contribution in [0.5, 0.6) is 0 Å². The first-order chi connectivity index (χ1) is 16.2. The number of hydrogen-bond acceptors (Lipinski definition) is 1. The van der Waals surface area contributed by atoms with Crippen molar-refractivity contribution in [1.82, 2.24) is 0 Å². The molecule has 2 saturated heterocycles. The van der Waals surface area contributed by atoms with Gasteiger partial charge in [-0.1, -0.05) is 80.7 Å². The van der Waals surface area contributed by atoms with Crippen LogP contribution in [0.1, 0.15) is 124 Å². The smallest absolute Gasteiger partial charge is 0.123 e. The van der Waals surface area contributed by atoms with Crippen molar-refractivity contribution in [3.8, 4) is 0 Å². The van der Waals surface area contributed by atoms with Gasteiger partial charge in [0.05, 0.1) is 6.54 Å². The molecule has 0 bridgehead atoms. The third-order valence-electron chi connectivity index (χ3n) is 10.6. The Bertz CT molecular complexity index is 881. The maximum Gasteiger partial charge on any atom is 0.123 e. The molecule has 36 heavy (non-hydrogen) atoms. The quantitative estimate of drug-likeness (QED) is 0.304. The lowest BCUT2D eigenvalue weighted by Crippen LogP contribution is -3.00. The summed E-state index contributed by atoms with van der Waals surface area (Å²) >= 11 is 0. The topological polar surface area (TPSA) is 9.23 Å². The summed E-state index contributed by atoms with van der Waals surface area (Å²) in [7, 11) is 0. The third kappa shape index (κ3) is 5.12. The Morgan fingerprint density at radius 2 is 1.53 bits per heavy atom. The molecule has 0 amide bonds. The van der Waals surface area contributed by atoms with E-state index in [9.17, 15) is 0 Å². The number of ether oxygens (including phenoxy) is 1. The second-order valence-corrected chi connectivity index (χ2v) is 15.2. The van der Waals surface area contributed by atoms with Gasteiger partial charge in [-0.3, -0.25) is 0 Å². The van der Waals surface area contributed by atoms with Crippen LogP contribution in [0.3, 0.4) is 0 Å². The van der Waals surface area contributed by atoms with Crippen molar-refractivity contribution in [2.24, 2.45) is 17.8 Å². The van der Waals surface area contributed by atoms with E-state index in [-0.39, 0.29) is 33.4 Å². The van der Waals surface area contributed by atoms with Gasteiger partial charge < -0.3 is 26.2 Å². The van der Waals surface area contributed by atoms with Crippen molar-refractivity contribution in [3.63, 3.8) is 0 Å². The highest BCUT2D eigenvalue weighted by Gasteiger charge is 2.76. The van der Waals surface area contributed by atoms with Gasteiger partial charge >= 0.3 is 0 Å². The molecule has 1 aromatic rings. The largest absolute Gasteiger partial charge is 1.00 e. The van der Waals surface area contributed by atoms with Gasteiger partial charge in [0.15, 0.2) is 0 Å². The van der Waals surface area contributed by atoms with Crippen LogP contribution >= 0.6 is 0 Å². The average molecular weight is 563 g/mol. The van der Waals surface area contributed by atoms with Gasteiger partial charge in [-0.15, -0.1) is 0 Å². The van der Waals surface area contributed by atoms with E-state index in [4.69, 9.17) is 4.74 Å². The van der Waals surface area contributed by atoms with Crippen molar-refractivity contribution >= 4 is 0 Å². The van der Waals surface area contributed by atoms with Crippen LogP contribution in [0.15, 0.2) is 18.2 Å². The Morgan fingerprint density at radius 1 is 0.917 bits per heavy atom. The van der Waals surface area contributed by atoms with Gasteiger partial charge in [-0.2, -0.15) is 0 Å². The Kier molecular flexibility index (Phi) is 8.64. The normalized spacial score (nSPS) is 35.7. The molecule has 2 nitrogen and oxygen atoms in total. The van der Waals surface area contributed by atoms with E-state index >= 15 is 0 Å². The zero-order valence-electron chi connectivity index (χ0n) is 25.3. The molecule has 0 spiro atoms. The molecule has 2 aliphatic heterocycles. The zero-order chi connectivity index (χ0) is 25.9. The summed E-state index contributed by atoms with van der Waals surface area (Å²) in [6.45, 7) is 28.8. The van der Waals surface area contributed by atoms with Crippen LogP contribution in [0.4, 0.5) is 0 Å². The lowest BCUT2D eigenvalue weighted by Gasteiger charge is -2.44. The molecule has 1 aliphatic carbocycles. The number of benzene rings is 1. The predicted molar refractivity (Wildman–Crippen MR) is 150 cm³/mol. The van der Waals surface area contributed by atoms with Crippen LogP contribution in [-0.4, -0.2) is 35.3 Å². The van der Waals surface area contributed by atoms with Gasteiger partial charge in [0, 0.05) is 29.9 Å². The van der Waals surface area contributed by atoms with Gasteiger partial charge in [0.25, 0.3) is 0 Å². The number of rotatable bonds is 8. The van der Waals surface area contributed by atoms with E-state index in [1.165, 1.54) is 67.2 Å². The van der Waals surface area contributed by atoms with Gasteiger partial charge in [-0.25, -0.2) is 0 Å². The number of nitrogens with zero attached hydrogens (tertiary/aromatic N) is 1. The minimum Gasteiger partial charge on any atom is -1.00 e. The van der Waals surface area contributed by atoms with Crippen LogP contribution in [0.2, 0.25) is 0 Å². The first-order valence-electron chi connectivity index (χ1n) is 14.8. The number of quaternary nitrogens is 1. The number of unbranched alkanes of at least 4 members (excludes halogenated alkanes) is 3. The van der Waals surface area contributed by atoms with Gasteiger partial charge in [0.1, 0.15) is 24.2 Å². The molecule has 0 N–H and O–H groups in total. The fourth-order valence-electron chi connectivity index (χ4n) is 8.75. The molecule has 0 unspecified atom stereocenters. The van der Waals surface area contributed by atoms with Crippen LogP contribution in [-0.2, 0) is 22.1 Å². The second-order valence-electron chi connectivity index (χ2n) is 15.2. The Morgan fingerprint density at radius 3 is 2.08 bits per heavy atom. The summed E-state index contributed by atoms with van der Waals surface area (Å²) in [6, 6.07) is 7.58. The van der Waals surface area contributed by atoms with Crippen molar-refractivity contribution in [1.29, 1.82) is 0 Å². The molecule has 1 aromatic carbocycles. The van der Waals surface area contributed by atoms with Crippen LogP contribution in [0.25, 0.3) is 0 Å². The fraction of sp³-hybridized carbons (Fsp3) is 0.818. The maximum atomic E-state index is 6.91. The standard InChI is InChI=1S/C33H56NO.BrH/c1-11-12-13-14-17-35-32(9)23-34(21-24(2)28-15-16-29(32)33(28,34)10)22-25-18-26(30(3,4)5)20-27(19-25)31(6,7)8;/h18-20,24,28-29H,11-17,21-23H2,1-10H3;1H/q+1;/p-1/t24-,28+,29-,32-,33-,34-;/m1./s1. The lowest BCUT2D eigenvalue weighted by molar-refractivity contribution is -0.967. The summed E-state index contributed by atoms with van der Waals surface area (Å²) in [6.07, 6.45) is 7.90. The van der Waals surface area contributed by atoms with Gasteiger partial charge in [-0.05, 0) is 67.2 Å². The predicted octanol–water partition coefficient (Wildman–Crippen LogP) is 5.41. The van der Waals surface area contributed by atoms with Crippen molar-refractivity contribution in [2.75, 3.05) is 19.7 Å². The van der Waals surface area contributed by atoms with E-state index in [0.717, 1.165) is 25.0 Å². The van der Waals surface area contributed by atoms with Crippen LogP contribution < -0.4 is 17.0 Å². The third-order valence-corrected chi connectivity index (χ3v) is 10.6. The molecule has 3 heteroatoms. The Hall–Kier alpha value is -0.380.